The molecule has 3 aromatic rings. The second kappa shape index (κ2) is 8.19. The zero-order valence-corrected chi connectivity index (χ0v) is 15.5. The maximum atomic E-state index is 13.0. The maximum Gasteiger partial charge on any atom is 0.233 e. The number of nitrogens with one attached hydrogen (secondary N) is 1. The minimum absolute atomic E-state index is 0.0398. The fraction of sp³-hybridized carbons (Fsp3) is 0.200. The Kier molecular flexibility index (Phi) is 5.73. The maximum absolute atomic E-state index is 13.0. The summed E-state index contributed by atoms with van der Waals surface area (Å²) in [5.41, 5.74) is 3.97. The van der Waals surface area contributed by atoms with Crippen LogP contribution in [0.5, 0.6) is 0 Å². The summed E-state index contributed by atoms with van der Waals surface area (Å²) in [5, 5.41) is 0.668. The Bertz CT molecular complexity index is 892. The lowest BCUT2D eigenvalue weighted by atomic mass is 10.1. The van der Waals surface area contributed by atoms with Crippen molar-refractivity contribution in [2.75, 3.05) is 12.8 Å². The third-order valence-corrected chi connectivity index (χ3v) is 5.01. The topological polar surface area (TPSA) is 49.0 Å². The van der Waals surface area contributed by atoms with E-state index < -0.39 is 0 Å². The van der Waals surface area contributed by atoms with E-state index in [0.717, 1.165) is 16.8 Å². The number of aromatic amines is 1. The van der Waals surface area contributed by atoms with Crippen LogP contribution in [0.3, 0.4) is 0 Å². The van der Waals surface area contributed by atoms with Gasteiger partial charge >= 0.3 is 0 Å². The average Bonchev–Trinajstić information content (AvgIpc) is 3.11. The number of amides is 1. The summed E-state index contributed by atoms with van der Waals surface area (Å²) in [6, 6.07) is 14.3. The van der Waals surface area contributed by atoms with Crippen molar-refractivity contribution in [3.63, 3.8) is 0 Å². The Morgan fingerprint density at radius 3 is 2.65 bits per heavy atom. The normalized spacial score (nSPS) is 10.7. The molecule has 26 heavy (non-hydrogen) atoms. The van der Waals surface area contributed by atoms with Crippen LogP contribution in [-0.4, -0.2) is 33.6 Å². The van der Waals surface area contributed by atoms with E-state index in [-0.39, 0.29) is 11.7 Å². The van der Waals surface area contributed by atoms with E-state index in [0.29, 0.717) is 17.5 Å². The summed E-state index contributed by atoms with van der Waals surface area (Å²) in [6.45, 7) is 2.63. The molecule has 0 aliphatic heterocycles. The first kappa shape index (κ1) is 18.2. The molecule has 134 valence electrons. The van der Waals surface area contributed by atoms with Crippen LogP contribution in [0.4, 0.5) is 4.39 Å². The standard InChI is InChI=1S/C20H20FN3OS/c1-14-5-3-4-6-16(14)12-24(2)19(25)13-26-20-22-11-18(23-20)15-7-9-17(21)10-8-15/h3-11H,12-13H2,1-2H3,(H,22,23). The highest BCUT2D eigenvalue weighted by molar-refractivity contribution is 7.99. The molecular weight excluding hydrogens is 349 g/mol. The quantitative estimate of drug-likeness (QED) is 0.660. The molecule has 0 aliphatic carbocycles. The lowest BCUT2D eigenvalue weighted by molar-refractivity contribution is -0.127. The summed E-state index contributed by atoms with van der Waals surface area (Å²) in [7, 11) is 1.81. The van der Waals surface area contributed by atoms with Crippen LogP contribution in [0.15, 0.2) is 59.9 Å². The van der Waals surface area contributed by atoms with Gasteiger partial charge in [0.05, 0.1) is 17.6 Å². The van der Waals surface area contributed by atoms with E-state index >= 15 is 0 Å². The summed E-state index contributed by atoms with van der Waals surface area (Å²) >= 11 is 1.36. The zero-order chi connectivity index (χ0) is 18.5. The average molecular weight is 369 g/mol. The Morgan fingerprint density at radius 2 is 1.92 bits per heavy atom. The molecule has 0 saturated carbocycles. The zero-order valence-electron chi connectivity index (χ0n) is 14.7. The fourth-order valence-corrected chi connectivity index (χ4v) is 3.31. The molecule has 6 heteroatoms. The van der Waals surface area contributed by atoms with Gasteiger partial charge < -0.3 is 9.88 Å². The van der Waals surface area contributed by atoms with Gasteiger partial charge in [0.15, 0.2) is 5.16 Å². The molecule has 1 amide bonds. The number of hydrogen-bond acceptors (Lipinski definition) is 3. The monoisotopic (exact) mass is 369 g/mol. The highest BCUT2D eigenvalue weighted by Gasteiger charge is 2.12. The molecule has 3 rings (SSSR count). The van der Waals surface area contributed by atoms with Crippen LogP contribution in [0.1, 0.15) is 11.1 Å². The number of hydrogen-bond donors (Lipinski definition) is 1. The van der Waals surface area contributed by atoms with Crippen LogP contribution in [0.2, 0.25) is 0 Å². The highest BCUT2D eigenvalue weighted by atomic mass is 32.2. The fourth-order valence-electron chi connectivity index (χ4n) is 2.52. The van der Waals surface area contributed by atoms with Gasteiger partial charge in [0.1, 0.15) is 5.82 Å². The van der Waals surface area contributed by atoms with Gasteiger partial charge in [-0.3, -0.25) is 4.79 Å². The number of aryl methyl sites for hydroxylation is 1. The third-order valence-electron chi connectivity index (χ3n) is 4.13. The predicted molar refractivity (Wildman–Crippen MR) is 102 cm³/mol. The molecule has 1 aromatic heterocycles. The SMILES string of the molecule is Cc1ccccc1CN(C)C(=O)CSc1ncc(-c2ccc(F)cc2)[nH]1. The number of imidazole rings is 1. The number of benzene rings is 2. The van der Waals surface area contributed by atoms with Gasteiger partial charge in [-0.2, -0.15) is 0 Å². The van der Waals surface area contributed by atoms with Gasteiger partial charge in [0.2, 0.25) is 5.91 Å². The number of carbonyl (C=O) groups excluding carboxylic acids is 1. The van der Waals surface area contributed by atoms with Crippen molar-refractivity contribution in [1.29, 1.82) is 0 Å². The molecule has 4 nitrogen and oxygen atoms in total. The second-order valence-electron chi connectivity index (χ2n) is 6.07. The van der Waals surface area contributed by atoms with Crippen molar-refractivity contribution in [1.82, 2.24) is 14.9 Å². The van der Waals surface area contributed by atoms with Gasteiger partial charge in [0, 0.05) is 13.6 Å². The van der Waals surface area contributed by atoms with E-state index in [9.17, 15) is 9.18 Å². The number of nitrogens with zero attached hydrogens (tertiary/aromatic N) is 2. The highest BCUT2D eigenvalue weighted by Crippen LogP contribution is 2.22. The molecule has 1 heterocycles. The molecule has 0 radical (unpaired) electrons. The number of thioether (sulfide) groups is 1. The van der Waals surface area contributed by atoms with Gasteiger partial charge in [-0.25, -0.2) is 9.37 Å². The van der Waals surface area contributed by atoms with Crippen LogP contribution >= 0.6 is 11.8 Å². The van der Waals surface area contributed by atoms with Crippen molar-refractivity contribution in [3.8, 4) is 11.3 Å². The van der Waals surface area contributed by atoms with E-state index in [1.807, 2.05) is 31.2 Å². The lowest BCUT2D eigenvalue weighted by Crippen LogP contribution is -2.28. The molecule has 0 atom stereocenters. The molecule has 0 aliphatic rings. The van der Waals surface area contributed by atoms with Crippen LogP contribution in [0.25, 0.3) is 11.3 Å². The summed E-state index contributed by atoms with van der Waals surface area (Å²) in [5.74, 6) is 0.0711. The van der Waals surface area contributed by atoms with E-state index in [1.165, 1.54) is 29.5 Å². The van der Waals surface area contributed by atoms with Gasteiger partial charge in [-0.1, -0.05) is 36.0 Å². The smallest absolute Gasteiger partial charge is 0.233 e. The summed E-state index contributed by atoms with van der Waals surface area (Å²) < 4.78 is 13.0. The molecule has 0 fully saturated rings. The predicted octanol–water partition coefficient (Wildman–Crippen LogP) is 4.27. The van der Waals surface area contributed by atoms with Gasteiger partial charge in [0.25, 0.3) is 0 Å². The van der Waals surface area contributed by atoms with Crippen molar-refractivity contribution < 1.29 is 9.18 Å². The Balaban J connectivity index is 1.56. The first-order valence-corrected chi connectivity index (χ1v) is 9.23. The first-order chi connectivity index (χ1) is 12.5. The minimum Gasteiger partial charge on any atom is -0.341 e. The van der Waals surface area contributed by atoms with E-state index in [4.69, 9.17) is 0 Å². The van der Waals surface area contributed by atoms with Gasteiger partial charge in [-0.15, -0.1) is 0 Å². The number of aromatic nitrogens is 2. The number of H-pyrrole nitrogens is 1. The molecule has 0 unspecified atom stereocenters. The van der Waals surface area contributed by atoms with Crippen LogP contribution in [-0.2, 0) is 11.3 Å². The molecular formula is C20H20FN3OS. The molecule has 0 spiro atoms. The Labute approximate surface area is 156 Å². The lowest BCUT2D eigenvalue weighted by Gasteiger charge is -2.18. The van der Waals surface area contributed by atoms with Crippen molar-refractivity contribution in [3.05, 3.63) is 71.7 Å². The van der Waals surface area contributed by atoms with E-state index in [1.54, 1.807) is 30.3 Å². The van der Waals surface area contributed by atoms with E-state index in [2.05, 4.69) is 9.97 Å². The van der Waals surface area contributed by atoms with Crippen LogP contribution in [0, 0.1) is 12.7 Å². The van der Waals surface area contributed by atoms with Crippen LogP contribution < -0.4 is 0 Å². The van der Waals surface area contributed by atoms with Crippen molar-refractivity contribution >= 4 is 17.7 Å². The molecule has 2 aromatic carbocycles. The minimum atomic E-state index is -0.273. The van der Waals surface area contributed by atoms with Crippen molar-refractivity contribution in [2.45, 2.75) is 18.6 Å². The number of halogens is 1. The number of carbonyl (C=O) groups is 1. The Hall–Kier alpha value is -2.60. The summed E-state index contributed by atoms with van der Waals surface area (Å²) in [4.78, 5) is 21.5. The second-order valence-corrected chi connectivity index (χ2v) is 7.04. The van der Waals surface area contributed by atoms with Gasteiger partial charge in [-0.05, 0) is 47.9 Å². The summed E-state index contributed by atoms with van der Waals surface area (Å²) in [6.07, 6.45) is 1.69. The third kappa shape index (κ3) is 4.52. The Morgan fingerprint density at radius 1 is 1.19 bits per heavy atom. The molecule has 1 N–H and O–H groups in total. The largest absolute Gasteiger partial charge is 0.341 e. The molecule has 0 saturated heterocycles. The number of rotatable bonds is 6. The first-order valence-electron chi connectivity index (χ1n) is 8.25. The molecule has 0 bridgehead atoms. The van der Waals surface area contributed by atoms with Crippen molar-refractivity contribution in [2.24, 2.45) is 0 Å².